The highest BCUT2D eigenvalue weighted by Crippen LogP contribution is 2.27. The van der Waals surface area contributed by atoms with Gasteiger partial charge in [0.15, 0.2) is 11.7 Å². The molecule has 14 heavy (non-hydrogen) atoms. The van der Waals surface area contributed by atoms with Gasteiger partial charge in [0.05, 0.1) is 0 Å². The van der Waals surface area contributed by atoms with Gasteiger partial charge in [0.1, 0.15) is 6.33 Å². The summed E-state index contributed by atoms with van der Waals surface area (Å²) >= 11 is 8.44. The molecule has 1 atom stereocenters. The number of allylic oxidation sites excluding steroid dienone is 2. The van der Waals surface area contributed by atoms with Crippen molar-refractivity contribution in [2.24, 2.45) is 0 Å². The predicted molar refractivity (Wildman–Crippen MR) is 42.1 cm³/mol. The topological polar surface area (TPSA) is 0 Å². The van der Waals surface area contributed by atoms with Gasteiger partial charge in [0.2, 0.25) is 5.63 Å². The van der Waals surface area contributed by atoms with Crippen LogP contribution in [-0.4, -0.2) is 11.0 Å². The van der Waals surface area contributed by atoms with Crippen molar-refractivity contribution in [3.63, 3.8) is 0 Å². The molecule has 1 unspecified atom stereocenters. The van der Waals surface area contributed by atoms with Gasteiger partial charge in [-0.1, -0.05) is 18.2 Å². The first-order valence-corrected chi connectivity index (χ1v) is 3.59. The van der Waals surface area contributed by atoms with Crippen molar-refractivity contribution in [2.75, 3.05) is 0 Å². The predicted octanol–water partition coefficient (Wildman–Crippen LogP) is 4.60. The summed E-state index contributed by atoms with van der Waals surface area (Å²) in [4.78, 5) is 0. The van der Waals surface area contributed by atoms with E-state index in [1.54, 1.807) is 0 Å². The Bertz CT molecular complexity index is 207. The number of hydrogen-bond acceptors (Lipinski definition) is 0. The van der Waals surface area contributed by atoms with Crippen molar-refractivity contribution in [3.8, 4) is 0 Å². The van der Waals surface area contributed by atoms with E-state index in [0.29, 0.717) is 0 Å². The smallest absolute Gasteiger partial charge is 0.222 e. The maximum Gasteiger partial charge on any atom is 0.373 e. The molecule has 0 aliphatic carbocycles. The first-order valence-electron chi connectivity index (χ1n) is 2.78. The van der Waals surface area contributed by atoms with Crippen LogP contribution in [-0.2, 0) is 0 Å². The first-order chi connectivity index (χ1) is 6.12. The maximum absolute atomic E-state index is 11.2. The molecule has 0 spiro atoms. The van der Waals surface area contributed by atoms with Gasteiger partial charge in [0.25, 0.3) is 0 Å². The lowest BCUT2D eigenvalue weighted by atomic mass is 10.6. The van der Waals surface area contributed by atoms with Crippen LogP contribution in [0.1, 0.15) is 0 Å². The summed E-state index contributed by atoms with van der Waals surface area (Å²) in [5, 5.41) is -3.89. The van der Waals surface area contributed by atoms with Crippen LogP contribution < -0.4 is 0 Å². The lowest BCUT2D eigenvalue weighted by molar-refractivity contribution is 0.111. The molecule has 0 heterocycles. The van der Waals surface area contributed by atoms with Crippen LogP contribution in [0.2, 0.25) is 0 Å². The van der Waals surface area contributed by atoms with E-state index in [1.807, 2.05) is 0 Å². The van der Waals surface area contributed by atoms with E-state index in [9.17, 15) is 26.3 Å². The van der Waals surface area contributed by atoms with Gasteiger partial charge in [-0.2, -0.15) is 8.78 Å². The van der Waals surface area contributed by atoms with E-state index in [2.05, 4.69) is 29.8 Å². The fraction of sp³-hybridized carbons (Fsp3) is 0.333. The molecule has 0 aromatic rings. The van der Waals surface area contributed by atoms with Crippen molar-refractivity contribution in [3.05, 3.63) is 24.6 Å². The molecule has 0 N–H and O–H groups in total. The van der Waals surface area contributed by atoms with Gasteiger partial charge in [0, 0.05) is 0 Å². The SMILES string of the molecule is C=C(F)C(F)(F)Cl.FC=C(F)C(F)Cl. The molecule has 0 radical (unpaired) electrons. The minimum Gasteiger partial charge on any atom is -0.222 e. The molecule has 8 heteroatoms. The summed E-state index contributed by atoms with van der Waals surface area (Å²) < 4.78 is 66.6. The Morgan fingerprint density at radius 1 is 1.36 bits per heavy atom. The normalized spacial score (nSPS) is 14.1. The highest BCUT2D eigenvalue weighted by atomic mass is 35.5. The third-order valence-electron chi connectivity index (χ3n) is 0.620. The lowest BCUT2D eigenvalue weighted by Gasteiger charge is -1.99. The molecular weight excluding hydrogens is 257 g/mol. The van der Waals surface area contributed by atoms with Crippen LogP contribution in [0.25, 0.3) is 0 Å². The summed E-state index contributed by atoms with van der Waals surface area (Å²) in [7, 11) is 0. The Hall–Kier alpha value is -0.360. The summed E-state index contributed by atoms with van der Waals surface area (Å²) in [5.74, 6) is -3.42. The van der Waals surface area contributed by atoms with Crippen molar-refractivity contribution in [1.29, 1.82) is 0 Å². The molecule has 0 aliphatic heterocycles. The number of halogens is 8. The number of alkyl halides is 5. The van der Waals surface area contributed by atoms with Crippen molar-refractivity contribution < 1.29 is 26.3 Å². The van der Waals surface area contributed by atoms with Crippen LogP contribution in [0.3, 0.4) is 0 Å². The molecular formula is C6H4Cl2F6. The third kappa shape index (κ3) is 9.73. The molecule has 0 aromatic heterocycles. The zero-order valence-corrected chi connectivity index (χ0v) is 7.90. The second kappa shape index (κ2) is 7.00. The largest absolute Gasteiger partial charge is 0.373 e. The number of rotatable bonds is 2. The Morgan fingerprint density at radius 3 is 1.64 bits per heavy atom. The van der Waals surface area contributed by atoms with Gasteiger partial charge in [-0.15, -0.1) is 0 Å². The van der Waals surface area contributed by atoms with Gasteiger partial charge < -0.3 is 0 Å². The van der Waals surface area contributed by atoms with E-state index < -0.39 is 29.0 Å². The van der Waals surface area contributed by atoms with E-state index in [-0.39, 0.29) is 0 Å². The molecule has 0 amide bonds. The van der Waals surface area contributed by atoms with Gasteiger partial charge in [-0.3, -0.25) is 0 Å². The molecule has 0 bridgehead atoms. The molecule has 0 aromatic carbocycles. The molecule has 0 nitrogen and oxygen atoms in total. The minimum absolute atomic E-state index is 0.516. The summed E-state index contributed by atoms with van der Waals surface area (Å²) in [6, 6.07) is 0. The zero-order valence-electron chi connectivity index (χ0n) is 6.39. The van der Waals surface area contributed by atoms with E-state index >= 15 is 0 Å². The van der Waals surface area contributed by atoms with Crippen LogP contribution in [0.5, 0.6) is 0 Å². The van der Waals surface area contributed by atoms with Crippen LogP contribution in [0.15, 0.2) is 24.6 Å². The molecule has 0 saturated carbocycles. The number of hydrogen-bond donors (Lipinski definition) is 0. The first kappa shape index (κ1) is 16.1. The van der Waals surface area contributed by atoms with Gasteiger partial charge in [-0.25, -0.2) is 17.6 Å². The average Bonchev–Trinajstić information content (AvgIpc) is 2.02. The van der Waals surface area contributed by atoms with Crippen molar-refractivity contribution >= 4 is 23.2 Å². The maximum atomic E-state index is 11.2. The van der Waals surface area contributed by atoms with Gasteiger partial charge in [-0.05, 0) is 11.6 Å². The van der Waals surface area contributed by atoms with E-state index in [1.165, 1.54) is 0 Å². The zero-order chi connectivity index (χ0) is 11.9. The second-order valence-electron chi connectivity index (χ2n) is 1.70. The summed E-state index contributed by atoms with van der Waals surface area (Å²) in [5.41, 5.74) is -2.34. The van der Waals surface area contributed by atoms with Crippen molar-refractivity contribution in [2.45, 2.75) is 11.0 Å². The Kier molecular flexibility index (Phi) is 8.04. The monoisotopic (exact) mass is 260 g/mol. The summed E-state index contributed by atoms with van der Waals surface area (Å²) in [6.45, 7) is 2.28. The Balaban J connectivity index is 0. The quantitative estimate of drug-likeness (QED) is 0.503. The standard InChI is InChI=1S/2C3H2ClF3/c1-2(5)3(4,6)7;4-3(7)2(6)1-5/h1H2;1,3H. The fourth-order valence-electron chi connectivity index (χ4n) is 0.0476. The van der Waals surface area contributed by atoms with Crippen LogP contribution in [0, 0.1) is 0 Å². The third-order valence-corrected chi connectivity index (χ3v) is 1.03. The summed E-state index contributed by atoms with van der Waals surface area (Å²) in [6.07, 6.45) is -0.516. The van der Waals surface area contributed by atoms with Gasteiger partial charge >= 0.3 is 5.38 Å². The molecule has 0 aliphatic rings. The second-order valence-corrected chi connectivity index (χ2v) is 2.56. The highest BCUT2D eigenvalue weighted by Gasteiger charge is 2.29. The minimum atomic E-state index is -3.89. The molecule has 0 saturated heterocycles. The molecule has 84 valence electrons. The Morgan fingerprint density at radius 2 is 1.64 bits per heavy atom. The Labute approximate surface area is 85.8 Å². The van der Waals surface area contributed by atoms with E-state index in [4.69, 9.17) is 0 Å². The van der Waals surface area contributed by atoms with Crippen LogP contribution >= 0.6 is 23.2 Å². The average molecular weight is 261 g/mol. The van der Waals surface area contributed by atoms with Crippen molar-refractivity contribution in [1.82, 2.24) is 0 Å². The molecule has 0 fully saturated rings. The lowest BCUT2D eigenvalue weighted by Crippen LogP contribution is -2.03. The fourth-order valence-corrected chi connectivity index (χ4v) is 0.0952. The molecule has 0 rings (SSSR count). The highest BCUT2D eigenvalue weighted by molar-refractivity contribution is 6.23. The van der Waals surface area contributed by atoms with Crippen LogP contribution in [0.4, 0.5) is 26.3 Å². The van der Waals surface area contributed by atoms with E-state index in [0.717, 1.165) is 0 Å².